The van der Waals surface area contributed by atoms with Crippen LogP contribution in [0.2, 0.25) is 0 Å². The Kier molecular flexibility index (Phi) is 4.33. The van der Waals surface area contributed by atoms with Crippen molar-refractivity contribution >= 4 is 0 Å². The van der Waals surface area contributed by atoms with Crippen molar-refractivity contribution in [3.63, 3.8) is 0 Å². The third kappa shape index (κ3) is 3.51. The molecule has 90 valence electrons. The summed E-state index contributed by atoms with van der Waals surface area (Å²) >= 11 is 0. The van der Waals surface area contributed by atoms with Crippen molar-refractivity contribution < 1.29 is 14.6 Å². The topological polar surface area (TPSA) is 38.7 Å². The van der Waals surface area contributed by atoms with Crippen LogP contribution >= 0.6 is 0 Å². The lowest BCUT2D eigenvalue weighted by molar-refractivity contribution is -0.0575. The molecule has 0 aromatic heterocycles. The summed E-state index contributed by atoms with van der Waals surface area (Å²) < 4.78 is 10.6. The Morgan fingerprint density at radius 3 is 2.62 bits per heavy atom. The van der Waals surface area contributed by atoms with Crippen LogP contribution in [0.5, 0.6) is 5.75 Å². The second kappa shape index (κ2) is 5.32. The molecule has 1 unspecified atom stereocenters. The molecule has 1 aromatic rings. The highest BCUT2D eigenvalue weighted by Crippen LogP contribution is 2.24. The van der Waals surface area contributed by atoms with Gasteiger partial charge in [0.15, 0.2) is 0 Å². The summed E-state index contributed by atoms with van der Waals surface area (Å²) in [4.78, 5) is 0. The van der Waals surface area contributed by atoms with Crippen LogP contribution in [0, 0.1) is 0 Å². The quantitative estimate of drug-likeness (QED) is 0.834. The number of ether oxygens (including phenoxy) is 2. The molecule has 3 heteroatoms. The Morgan fingerprint density at radius 1 is 1.38 bits per heavy atom. The molecular weight excluding hydrogens is 204 g/mol. The highest BCUT2D eigenvalue weighted by Gasteiger charge is 2.24. The monoisotopic (exact) mass is 224 g/mol. The number of aliphatic hydroxyl groups is 1. The van der Waals surface area contributed by atoms with Gasteiger partial charge >= 0.3 is 0 Å². The summed E-state index contributed by atoms with van der Waals surface area (Å²) in [6.07, 6.45) is 0.108. The number of hydrogen-bond donors (Lipinski definition) is 1. The number of benzene rings is 1. The molecule has 0 amide bonds. The largest absolute Gasteiger partial charge is 0.497 e. The van der Waals surface area contributed by atoms with Crippen LogP contribution in [0.4, 0.5) is 0 Å². The van der Waals surface area contributed by atoms with Gasteiger partial charge in [-0.2, -0.15) is 0 Å². The maximum atomic E-state index is 10.3. The van der Waals surface area contributed by atoms with Gasteiger partial charge in [0.2, 0.25) is 0 Å². The Labute approximate surface area is 97.0 Å². The lowest BCUT2D eigenvalue weighted by Crippen LogP contribution is -2.29. The normalized spacial score (nSPS) is 14.9. The Balaban J connectivity index is 2.79. The van der Waals surface area contributed by atoms with Gasteiger partial charge in [-0.15, -0.1) is 0 Å². The Bertz CT molecular complexity index is 332. The van der Waals surface area contributed by atoms with Gasteiger partial charge in [0.05, 0.1) is 19.8 Å². The molecule has 0 radical (unpaired) electrons. The van der Waals surface area contributed by atoms with Crippen LogP contribution in [0.1, 0.15) is 26.3 Å². The van der Waals surface area contributed by atoms with Crippen LogP contribution in [0.3, 0.4) is 0 Å². The van der Waals surface area contributed by atoms with Crippen molar-refractivity contribution in [1.29, 1.82) is 0 Å². The van der Waals surface area contributed by atoms with Crippen molar-refractivity contribution in [2.75, 3.05) is 13.7 Å². The molecule has 0 aliphatic carbocycles. The van der Waals surface area contributed by atoms with E-state index in [0.717, 1.165) is 11.3 Å². The van der Waals surface area contributed by atoms with Crippen molar-refractivity contribution in [3.05, 3.63) is 29.8 Å². The fraction of sp³-hybridized carbons (Fsp3) is 0.538. The van der Waals surface area contributed by atoms with Gasteiger partial charge in [0, 0.05) is 0 Å². The van der Waals surface area contributed by atoms with Gasteiger partial charge in [0.25, 0.3) is 0 Å². The van der Waals surface area contributed by atoms with Gasteiger partial charge in [-0.3, -0.25) is 0 Å². The van der Waals surface area contributed by atoms with Crippen molar-refractivity contribution in [3.8, 4) is 5.75 Å². The van der Waals surface area contributed by atoms with E-state index >= 15 is 0 Å². The standard InChI is InChI=1S/C13H20O3/c1-10(2)16-9-13(3,14)11-6-5-7-12(8-11)15-4/h5-8,10,14H,9H2,1-4H3. The zero-order valence-electron chi connectivity index (χ0n) is 10.4. The summed E-state index contributed by atoms with van der Waals surface area (Å²) in [6.45, 7) is 5.91. The first-order chi connectivity index (χ1) is 7.45. The minimum absolute atomic E-state index is 0.108. The zero-order valence-corrected chi connectivity index (χ0v) is 10.4. The molecule has 1 rings (SSSR count). The average Bonchev–Trinajstić information content (AvgIpc) is 2.27. The van der Waals surface area contributed by atoms with Gasteiger partial charge < -0.3 is 14.6 Å². The van der Waals surface area contributed by atoms with E-state index < -0.39 is 5.60 Å². The van der Waals surface area contributed by atoms with E-state index in [1.54, 1.807) is 14.0 Å². The molecule has 0 saturated heterocycles. The average molecular weight is 224 g/mol. The third-order valence-corrected chi connectivity index (χ3v) is 2.39. The van der Waals surface area contributed by atoms with E-state index in [0.29, 0.717) is 0 Å². The summed E-state index contributed by atoms with van der Waals surface area (Å²) in [5, 5.41) is 10.3. The second-order valence-corrected chi connectivity index (χ2v) is 4.37. The molecule has 0 aliphatic heterocycles. The Morgan fingerprint density at radius 2 is 2.06 bits per heavy atom. The predicted molar refractivity (Wildman–Crippen MR) is 63.7 cm³/mol. The minimum atomic E-state index is -0.987. The van der Waals surface area contributed by atoms with E-state index in [-0.39, 0.29) is 12.7 Å². The van der Waals surface area contributed by atoms with E-state index in [1.807, 2.05) is 38.1 Å². The van der Waals surface area contributed by atoms with Crippen LogP contribution in [-0.4, -0.2) is 24.9 Å². The fourth-order valence-electron chi connectivity index (χ4n) is 1.37. The summed E-state index contributed by atoms with van der Waals surface area (Å²) in [5.74, 6) is 0.738. The maximum Gasteiger partial charge on any atom is 0.119 e. The smallest absolute Gasteiger partial charge is 0.119 e. The molecular formula is C13H20O3. The molecule has 1 atom stereocenters. The molecule has 3 nitrogen and oxygen atoms in total. The molecule has 0 fully saturated rings. The minimum Gasteiger partial charge on any atom is -0.497 e. The van der Waals surface area contributed by atoms with Crippen molar-refractivity contribution in [2.45, 2.75) is 32.5 Å². The molecule has 1 N–H and O–H groups in total. The first-order valence-corrected chi connectivity index (χ1v) is 5.44. The van der Waals surface area contributed by atoms with E-state index in [9.17, 15) is 5.11 Å². The first-order valence-electron chi connectivity index (χ1n) is 5.44. The summed E-state index contributed by atoms with van der Waals surface area (Å²) in [6, 6.07) is 7.40. The zero-order chi connectivity index (χ0) is 12.2. The molecule has 1 aromatic carbocycles. The number of hydrogen-bond acceptors (Lipinski definition) is 3. The molecule has 0 spiro atoms. The Hall–Kier alpha value is -1.06. The van der Waals surface area contributed by atoms with Gasteiger partial charge in [-0.05, 0) is 38.5 Å². The maximum absolute atomic E-state index is 10.3. The van der Waals surface area contributed by atoms with Crippen LogP contribution in [-0.2, 0) is 10.3 Å². The van der Waals surface area contributed by atoms with E-state index in [4.69, 9.17) is 9.47 Å². The van der Waals surface area contributed by atoms with Crippen molar-refractivity contribution in [1.82, 2.24) is 0 Å². The molecule has 0 bridgehead atoms. The lowest BCUT2D eigenvalue weighted by Gasteiger charge is -2.25. The highest BCUT2D eigenvalue weighted by atomic mass is 16.5. The summed E-state index contributed by atoms with van der Waals surface area (Å²) in [7, 11) is 1.61. The third-order valence-electron chi connectivity index (χ3n) is 2.39. The predicted octanol–water partition coefficient (Wildman–Crippen LogP) is 2.33. The van der Waals surface area contributed by atoms with Gasteiger partial charge in [-0.25, -0.2) is 0 Å². The van der Waals surface area contributed by atoms with E-state index in [1.165, 1.54) is 0 Å². The lowest BCUT2D eigenvalue weighted by atomic mass is 9.97. The van der Waals surface area contributed by atoms with Crippen LogP contribution < -0.4 is 4.74 Å². The first kappa shape index (κ1) is 13.0. The molecule has 0 saturated carbocycles. The second-order valence-electron chi connectivity index (χ2n) is 4.37. The fourth-order valence-corrected chi connectivity index (χ4v) is 1.37. The molecule has 16 heavy (non-hydrogen) atoms. The summed E-state index contributed by atoms with van der Waals surface area (Å²) in [5.41, 5.74) is -0.189. The van der Waals surface area contributed by atoms with E-state index in [2.05, 4.69) is 0 Å². The van der Waals surface area contributed by atoms with Crippen molar-refractivity contribution in [2.24, 2.45) is 0 Å². The van der Waals surface area contributed by atoms with Crippen LogP contribution in [0.25, 0.3) is 0 Å². The molecule has 0 aliphatic rings. The van der Waals surface area contributed by atoms with Gasteiger partial charge in [-0.1, -0.05) is 12.1 Å². The highest BCUT2D eigenvalue weighted by molar-refractivity contribution is 5.31. The molecule has 0 heterocycles. The SMILES string of the molecule is COc1cccc(C(C)(O)COC(C)C)c1. The number of rotatable bonds is 5. The van der Waals surface area contributed by atoms with Gasteiger partial charge in [0.1, 0.15) is 11.4 Å². The van der Waals surface area contributed by atoms with Crippen LogP contribution in [0.15, 0.2) is 24.3 Å². The number of methoxy groups -OCH3 is 1.